The van der Waals surface area contributed by atoms with Gasteiger partial charge in [0.1, 0.15) is 0 Å². The summed E-state index contributed by atoms with van der Waals surface area (Å²) in [5, 5.41) is 8.98. The van der Waals surface area contributed by atoms with Gasteiger partial charge in [-0.05, 0) is 11.6 Å². The van der Waals surface area contributed by atoms with Crippen LogP contribution in [-0.4, -0.2) is 51.9 Å². The molecule has 6 heteroatoms. The first-order chi connectivity index (χ1) is 9.61. The maximum absolute atomic E-state index is 12.1. The fraction of sp³-hybridized carbons (Fsp3) is 0.500. The Morgan fingerprint density at radius 2 is 1.95 bits per heavy atom. The highest BCUT2D eigenvalue weighted by atomic mass is 32.2. The molecule has 0 spiro atoms. The van der Waals surface area contributed by atoms with Crippen molar-refractivity contribution in [2.24, 2.45) is 0 Å². The molecule has 1 aliphatic rings. The lowest BCUT2D eigenvalue weighted by Gasteiger charge is -2.26. The van der Waals surface area contributed by atoms with Gasteiger partial charge < -0.3 is 4.74 Å². The lowest BCUT2D eigenvalue weighted by atomic mass is 10.1. The molecule has 0 saturated carbocycles. The van der Waals surface area contributed by atoms with E-state index in [0.29, 0.717) is 30.9 Å². The van der Waals surface area contributed by atoms with Crippen molar-refractivity contribution in [1.82, 2.24) is 4.90 Å². The average molecular weight is 294 g/mol. The lowest BCUT2D eigenvalue weighted by Crippen LogP contribution is -2.39. The number of rotatable bonds is 5. The Labute approximate surface area is 119 Å². The van der Waals surface area contributed by atoms with Crippen LogP contribution < -0.4 is 0 Å². The quantitative estimate of drug-likeness (QED) is 0.803. The number of benzene rings is 1. The van der Waals surface area contributed by atoms with Gasteiger partial charge in [0.2, 0.25) is 0 Å². The third-order valence-corrected chi connectivity index (χ3v) is 4.89. The van der Waals surface area contributed by atoms with Crippen molar-refractivity contribution in [1.29, 1.82) is 5.26 Å². The van der Waals surface area contributed by atoms with E-state index >= 15 is 0 Å². The van der Waals surface area contributed by atoms with Crippen molar-refractivity contribution in [2.75, 3.05) is 38.6 Å². The summed E-state index contributed by atoms with van der Waals surface area (Å²) in [6.45, 7) is 3.42. The van der Waals surface area contributed by atoms with Crippen LogP contribution in [0.15, 0.2) is 24.3 Å². The summed E-state index contributed by atoms with van der Waals surface area (Å²) in [6, 6.07) is 8.87. The van der Waals surface area contributed by atoms with E-state index < -0.39 is 9.84 Å². The second-order valence-electron chi connectivity index (χ2n) is 4.81. The number of morpholine rings is 1. The summed E-state index contributed by atoms with van der Waals surface area (Å²) < 4.78 is 29.5. The van der Waals surface area contributed by atoms with E-state index in [9.17, 15) is 8.42 Å². The van der Waals surface area contributed by atoms with Crippen molar-refractivity contribution < 1.29 is 13.2 Å². The van der Waals surface area contributed by atoms with Gasteiger partial charge in [-0.1, -0.05) is 18.2 Å². The van der Waals surface area contributed by atoms with Crippen LogP contribution in [0.2, 0.25) is 0 Å². The van der Waals surface area contributed by atoms with Crippen molar-refractivity contribution in [3.63, 3.8) is 0 Å². The number of hydrogen-bond acceptors (Lipinski definition) is 5. The van der Waals surface area contributed by atoms with Gasteiger partial charge in [-0.2, -0.15) is 5.26 Å². The van der Waals surface area contributed by atoms with E-state index in [4.69, 9.17) is 10.00 Å². The van der Waals surface area contributed by atoms with Crippen LogP contribution >= 0.6 is 0 Å². The van der Waals surface area contributed by atoms with Crippen LogP contribution in [0.3, 0.4) is 0 Å². The number of ether oxygens (including phenoxy) is 1. The molecule has 2 rings (SSSR count). The van der Waals surface area contributed by atoms with E-state index in [1.165, 1.54) is 0 Å². The smallest absolute Gasteiger partial charge is 0.155 e. The number of hydrogen-bond donors (Lipinski definition) is 0. The van der Waals surface area contributed by atoms with Gasteiger partial charge in [-0.15, -0.1) is 0 Å². The second-order valence-corrected chi connectivity index (χ2v) is 7.00. The SMILES string of the molecule is N#Cc1ccccc1CS(=O)(=O)CCN1CCOCC1. The zero-order valence-corrected chi connectivity index (χ0v) is 12.1. The molecule has 1 saturated heterocycles. The predicted octanol–water partition coefficient (Wildman–Crippen LogP) is 0.805. The van der Waals surface area contributed by atoms with Gasteiger partial charge in [0.15, 0.2) is 9.84 Å². The Kier molecular flexibility index (Phi) is 5.12. The monoisotopic (exact) mass is 294 g/mol. The van der Waals surface area contributed by atoms with E-state index in [1.54, 1.807) is 24.3 Å². The Bertz CT molecular complexity index is 587. The van der Waals surface area contributed by atoms with Crippen molar-refractivity contribution in [3.8, 4) is 6.07 Å². The lowest BCUT2D eigenvalue weighted by molar-refractivity contribution is 0.0408. The van der Waals surface area contributed by atoms with Gasteiger partial charge in [-0.25, -0.2) is 8.42 Å². The van der Waals surface area contributed by atoms with E-state index in [-0.39, 0.29) is 11.5 Å². The molecule has 1 aromatic rings. The third kappa shape index (κ3) is 4.30. The first-order valence-corrected chi connectivity index (χ1v) is 8.41. The summed E-state index contributed by atoms with van der Waals surface area (Å²) in [6.07, 6.45) is 0. The second kappa shape index (κ2) is 6.84. The van der Waals surface area contributed by atoms with Gasteiger partial charge in [0.05, 0.1) is 36.4 Å². The van der Waals surface area contributed by atoms with Crippen molar-refractivity contribution in [2.45, 2.75) is 5.75 Å². The number of nitriles is 1. The molecule has 0 aliphatic carbocycles. The van der Waals surface area contributed by atoms with E-state index in [2.05, 4.69) is 4.90 Å². The summed E-state index contributed by atoms with van der Waals surface area (Å²) in [4.78, 5) is 2.09. The van der Waals surface area contributed by atoms with Crippen molar-refractivity contribution in [3.05, 3.63) is 35.4 Å². The van der Waals surface area contributed by atoms with Crippen LogP contribution in [-0.2, 0) is 20.3 Å². The molecule has 5 nitrogen and oxygen atoms in total. The molecule has 0 N–H and O–H groups in total. The molecule has 108 valence electrons. The average Bonchev–Trinajstić information content (AvgIpc) is 2.47. The highest BCUT2D eigenvalue weighted by molar-refractivity contribution is 7.90. The minimum Gasteiger partial charge on any atom is -0.379 e. The fourth-order valence-electron chi connectivity index (χ4n) is 2.16. The van der Waals surface area contributed by atoms with Crippen LogP contribution in [0.4, 0.5) is 0 Å². The molecule has 0 bridgehead atoms. The Hall–Kier alpha value is -1.42. The van der Waals surface area contributed by atoms with Crippen LogP contribution in [0.5, 0.6) is 0 Å². The standard InChI is InChI=1S/C14H18N2O3S/c15-11-13-3-1-2-4-14(13)12-20(17,18)10-7-16-5-8-19-9-6-16/h1-4H,5-10,12H2. The normalized spacial score (nSPS) is 16.8. The van der Waals surface area contributed by atoms with Crippen molar-refractivity contribution >= 4 is 9.84 Å². The summed E-state index contributed by atoms with van der Waals surface area (Å²) in [7, 11) is -3.20. The molecule has 0 atom stereocenters. The molecular formula is C14H18N2O3S. The van der Waals surface area contributed by atoms with E-state index in [0.717, 1.165) is 13.1 Å². The Balaban J connectivity index is 1.95. The zero-order chi connectivity index (χ0) is 14.4. The minimum atomic E-state index is -3.20. The van der Waals surface area contributed by atoms with Gasteiger partial charge >= 0.3 is 0 Å². The highest BCUT2D eigenvalue weighted by Crippen LogP contribution is 2.12. The molecule has 0 amide bonds. The maximum Gasteiger partial charge on any atom is 0.155 e. The first kappa shape index (κ1) is 15.0. The summed E-state index contributed by atoms with van der Waals surface area (Å²) in [5.41, 5.74) is 1.01. The number of nitrogens with zero attached hydrogens (tertiary/aromatic N) is 2. The van der Waals surface area contributed by atoms with Gasteiger partial charge in [-0.3, -0.25) is 4.90 Å². The first-order valence-electron chi connectivity index (χ1n) is 6.59. The molecular weight excluding hydrogens is 276 g/mol. The van der Waals surface area contributed by atoms with E-state index in [1.807, 2.05) is 6.07 Å². The largest absolute Gasteiger partial charge is 0.379 e. The summed E-state index contributed by atoms with van der Waals surface area (Å²) >= 11 is 0. The van der Waals surface area contributed by atoms with Gasteiger partial charge in [0, 0.05) is 19.6 Å². The summed E-state index contributed by atoms with van der Waals surface area (Å²) in [5.74, 6) is 0.0494. The zero-order valence-electron chi connectivity index (χ0n) is 11.3. The molecule has 0 aromatic heterocycles. The predicted molar refractivity (Wildman–Crippen MR) is 75.9 cm³/mol. The molecule has 0 radical (unpaired) electrons. The third-order valence-electron chi connectivity index (χ3n) is 3.34. The molecule has 1 heterocycles. The highest BCUT2D eigenvalue weighted by Gasteiger charge is 2.17. The fourth-order valence-corrected chi connectivity index (χ4v) is 3.56. The van der Waals surface area contributed by atoms with Crippen LogP contribution in [0, 0.1) is 11.3 Å². The minimum absolute atomic E-state index is 0.0684. The molecule has 20 heavy (non-hydrogen) atoms. The maximum atomic E-state index is 12.1. The molecule has 1 aromatic carbocycles. The Morgan fingerprint density at radius 3 is 2.65 bits per heavy atom. The molecule has 0 unspecified atom stereocenters. The number of sulfone groups is 1. The molecule has 1 aliphatic heterocycles. The molecule has 1 fully saturated rings. The topological polar surface area (TPSA) is 70.4 Å². The Morgan fingerprint density at radius 1 is 1.25 bits per heavy atom. The van der Waals surface area contributed by atoms with Crippen LogP contribution in [0.25, 0.3) is 0 Å². The van der Waals surface area contributed by atoms with Gasteiger partial charge in [0.25, 0.3) is 0 Å². The van der Waals surface area contributed by atoms with Crippen LogP contribution in [0.1, 0.15) is 11.1 Å².